The number of nitrogens with one attached hydrogen (secondary N) is 2. The molecule has 7 heteroatoms. The molecule has 0 radical (unpaired) electrons. The maximum Gasteiger partial charge on any atom is 0.0912 e. The third kappa shape index (κ3) is 27.8. The van der Waals surface area contributed by atoms with Crippen molar-refractivity contribution in [2.24, 2.45) is 10.7 Å². The van der Waals surface area contributed by atoms with Gasteiger partial charge in [0.15, 0.2) is 0 Å². The summed E-state index contributed by atoms with van der Waals surface area (Å²) in [5.74, 6) is 0.565. The number of nitrogens with zero attached hydrogens (tertiary/aromatic N) is 1. The van der Waals surface area contributed by atoms with Gasteiger partial charge in [0.1, 0.15) is 0 Å². The zero-order valence-electron chi connectivity index (χ0n) is 22.8. The van der Waals surface area contributed by atoms with E-state index in [0.29, 0.717) is 25.3 Å². The summed E-state index contributed by atoms with van der Waals surface area (Å²) in [5, 5.41) is 10.7. The molecule has 35 heavy (non-hydrogen) atoms. The Morgan fingerprint density at radius 1 is 0.943 bits per heavy atom. The molecule has 1 atom stereocenters. The Hall–Kier alpha value is -0.638. The van der Waals surface area contributed by atoms with Gasteiger partial charge in [-0.25, -0.2) is 6.29 Å². The van der Waals surface area contributed by atoms with Crippen LogP contribution in [-0.2, 0) is 9.53 Å². The van der Waals surface area contributed by atoms with Crippen molar-refractivity contribution in [3.63, 3.8) is 0 Å². The van der Waals surface area contributed by atoms with E-state index in [4.69, 9.17) is 15.9 Å². The molecule has 0 fully saturated rings. The van der Waals surface area contributed by atoms with Gasteiger partial charge in [-0.2, -0.15) is 0 Å². The van der Waals surface area contributed by atoms with Crippen LogP contribution in [0.15, 0.2) is 17.3 Å². The standard InChI is InChI=1S/C28H53N4O2.U/c1-4-22-34-23-21-31-26(3)19-20-27(24-33)32-28(30)18-16-14-12-10-8-6-5-7-9-11-13-15-17-25(2)29;/h27,29,31H,3-23H2,1-2H3,(H2,30,32);/q-1;. The minimum atomic E-state index is -0.505. The molecule has 0 aromatic carbocycles. The smallest absolute Gasteiger partial charge is 0.0912 e. The van der Waals surface area contributed by atoms with Crippen LogP contribution >= 0.6 is 0 Å². The Balaban J connectivity index is 0. The summed E-state index contributed by atoms with van der Waals surface area (Å²) < 4.78 is 5.43. The topological polar surface area (TPSA) is 101 Å². The fourth-order valence-corrected chi connectivity index (χ4v) is 3.82. The molecule has 0 amide bonds. The quantitative estimate of drug-likeness (QED) is 0.0405. The molecule has 0 aliphatic heterocycles. The van der Waals surface area contributed by atoms with Crippen molar-refractivity contribution in [3.8, 4) is 0 Å². The van der Waals surface area contributed by atoms with E-state index in [-0.39, 0.29) is 31.1 Å². The molecule has 4 N–H and O–H groups in total. The number of unbranched alkanes of at least 4 members (excludes halogenated alkanes) is 11. The average Bonchev–Trinajstić information content (AvgIpc) is 2.81. The number of amidine groups is 1. The molecule has 0 spiro atoms. The number of hydrogen-bond donors (Lipinski definition) is 3. The summed E-state index contributed by atoms with van der Waals surface area (Å²) in [6.07, 6.45) is 21.2. The first-order valence-corrected chi connectivity index (χ1v) is 13.7. The molecule has 0 bridgehead atoms. The van der Waals surface area contributed by atoms with Crippen LogP contribution in [0.5, 0.6) is 0 Å². The summed E-state index contributed by atoms with van der Waals surface area (Å²) in [6.45, 7) is 10.1. The van der Waals surface area contributed by atoms with E-state index in [0.717, 1.165) is 50.2 Å². The van der Waals surface area contributed by atoms with E-state index in [1.54, 1.807) is 0 Å². The summed E-state index contributed by atoms with van der Waals surface area (Å²) in [4.78, 5) is 15.6. The van der Waals surface area contributed by atoms with Crippen molar-refractivity contribution in [1.82, 2.24) is 5.32 Å². The van der Waals surface area contributed by atoms with E-state index < -0.39 is 6.04 Å². The van der Waals surface area contributed by atoms with Gasteiger partial charge < -0.3 is 26.0 Å². The van der Waals surface area contributed by atoms with E-state index in [9.17, 15) is 4.79 Å². The van der Waals surface area contributed by atoms with Gasteiger partial charge in [0.2, 0.25) is 0 Å². The number of rotatable bonds is 26. The van der Waals surface area contributed by atoms with Gasteiger partial charge in [0.25, 0.3) is 0 Å². The van der Waals surface area contributed by atoms with Crippen LogP contribution in [-0.4, -0.2) is 43.6 Å². The van der Waals surface area contributed by atoms with Gasteiger partial charge in [-0.1, -0.05) is 84.1 Å². The van der Waals surface area contributed by atoms with E-state index in [1.165, 1.54) is 70.6 Å². The fraction of sp³-hybridized carbons (Fsp3) is 0.821. The number of carbonyl (C=O) groups excluding carboxylic acids is 1. The molecule has 0 aromatic heterocycles. The molecular formula is C28H53N4O2U-. The van der Waals surface area contributed by atoms with Crippen LogP contribution in [0.25, 0.3) is 0 Å². The third-order valence-electron chi connectivity index (χ3n) is 5.88. The summed E-state index contributed by atoms with van der Waals surface area (Å²) in [6, 6.07) is -0.505. The zero-order valence-corrected chi connectivity index (χ0v) is 26.9. The van der Waals surface area contributed by atoms with Crippen LogP contribution in [0.1, 0.15) is 123 Å². The van der Waals surface area contributed by atoms with Crippen LogP contribution in [0.4, 0.5) is 0 Å². The predicted octanol–water partition coefficient (Wildman–Crippen LogP) is 6.63. The molecule has 0 aromatic rings. The second kappa shape index (κ2) is 27.9. The van der Waals surface area contributed by atoms with Gasteiger partial charge in [0.05, 0.1) is 12.4 Å². The van der Waals surface area contributed by atoms with Gasteiger partial charge in [-0.05, 0) is 45.1 Å². The molecule has 0 aliphatic carbocycles. The molecule has 0 saturated heterocycles. The molecular weight excluding hydrogens is 662 g/mol. The van der Waals surface area contributed by atoms with E-state index in [2.05, 4.69) is 23.8 Å². The monoisotopic (exact) mass is 715 g/mol. The Bertz CT molecular complexity index is 555. The van der Waals surface area contributed by atoms with Crippen LogP contribution in [0, 0.1) is 36.5 Å². The van der Waals surface area contributed by atoms with Crippen LogP contribution in [0.2, 0.25) is 0 Å². The number of nitrogens with two attached hydrogens (primary N) is 1. The van der Waals surface area contributed by atoms with Crippen molar-refractivity contribution in [2.75, 3.05) is 19.8 Å². The van der Waals surface area contributed by atoms with Crippen LogP contribution < -0.4 is 11.1 Å². The largest absolute Gasteiger partial charge is 0.540 e. The van der Waals surface area contributed by atoms with Gasteiger partial charge in [-0.15, -0.1) is 0 Å². The minimum Gasteiger partial charge on any atom is -0.540 e. The molecule has 6 nitrogen and oxygen atoms in total. The number of ether oxygens (including phenoxy) is 1. The van der Waals surface area contributed by atoms with Crippen molar-refractivity contribution in [2.45, 2.75) is 129 Å². The van der Waals surface area contributed by atoms with E-state index in [1.807, 2.05) is 13.2 Å². The summed E-state index contributed by atoms with van der Waals surface area (Å²) >= 11 is 0. The number of allylic oxidation sites excluding steroid dienone is 1. The summed E-state index contributed by atoms with van der Waals surface area (Å²) in [7, 11) is 0. The maximum absolute atomic E-state index is 11.2. The Morgan fingerprint density at radius 3 is 1.94 bits per heavy atom. The average molecular weight is 716 g/mol. The second-order valence-corrected chi connectivity index (χ2v) is 9.46. The van der Waals surface area contributed by atoms with Gasteiger partial charge >= 0.3 is 0 Å². The van der Waals surface area contributed by atoms with Gasteiger partial charge in [0, 0.05) is 62.1 Å². The molecule has 0 heterocycles. The first-order valence-electron chi connectivity index (χ1n) is 13.7. The molecule has 0 saturated carbocycles. The Kier molecular flexibility index (Phi) is 29.2. The van der Waals surface area contributed by atoms with Gasteiger partial charge in [-0.3, -0.25) is 4.99 Å². The molecule has 0 rings (SSSR count). The first-order chi connectivity index (χ1) is 16.5. The SMILES string of the molecule is C=C(CCC([C-]=O)N=C(N)CCCCCCCCCCCCCCC(C)=N)NCCOCCC.[U]. The zero-order chi connectivity index (χ0) is 25.3. The van der Waals surface area contributed by atoms with Crippen molar-refractivity contribution in [1.29, 1.82) is 5.41 Å². The van der Waals surface area contributed by atoms with E-state index >= 15 is 0 Å². The maximum atomic E-state index is 11.2. The molecule has 202 valence electrons. The molecule has 1 unspecified atom stereocenters. The normalized spacial score (nSPS) is 12.1. The third-order valence-corrected chi connectivity index (χ3v) is 5.88. The number of hydrogen-bond acceptors (Lipinski definition) is 5. The Labute approximate surface area is 240 Å². The predicted molar refractivity (Wildman–Crippen MR) is 147 cm³/mol. The van der Waals surface area contributed by atoms with Crippen molar-refractivity contribution < 1.29 is 40.6 Å². The van der Waals surface area contributed by atoms with Crippen molar-refractivity contribution >= 4 is 17.8 Å². The number of aliphatic imine (C=N–C) groups is 1. The van der Waals surface area contributed by atoms with Crippen molar-refractivity contribution in [3.05, 3.63) is 12.3 Å². The second-order valence-electron chi connectivity index (χ2n) is 9.46. The van der Waals surface area contributed by atoms with Crippen LogP contribution in [0.3, 0.4) is 0 Å². The Morgan fingerprint density at radius 2 is 1.46 bits per heavy atom. The first kappa shape index (κ1) is 36.5. The minimum absolute atomic E-state index is 0. The summed E-state index contributed by atoms with van der Waals surface area (Å²) in [5.41, 5.74) is 7.75. The fourth-order valence-electron chi connectivity index (χ4n) is 3.82. The molecule has 0 aliphatic rings.